The van der Waals surface area contributed by atoms with Gasteiger partial charge in [-0.05, 0) is 36.5 Å². The zero-order valence-electron chi connectivity index (χ0n) is 8.00. The molecule has 0 aliphatic heterocycles. The zero-order chi connectivity index (χ0) is 8.55. The van der Waals surface area contributed by atoms with Crippen LogP contribution in [-0.4, -0.2) is 11.7 Å². The van der Waals surface area contributed by atoms with Gasteiger partial charge in [0.25, 0.3) is 0 Å². The Morgan fingerprint density at radius 1 is 1.17 bits per heavy atom. The third-order valence-corrected chi connectivity index (χ3v) is 3.98. The maximum absolute atomic E-state index is 9.28. The van der Waals surface area contributed by atoms with Crippen molar-refractivity contribution in [1.29, 1.82) is 0 Å². The van der Waals surface area contributed by atoms with Gasteiger partial charge < -0.3 is 5.11 Å². The van der Waals surface area contributed by atoms with E-state index in [9.17, 15) is 5.11 Å². The van der Waals surface area contributed by atoms with Gasteiger partial charge in [-0.3, -0.25) is 0 Å². The van der Waals surface area contributed by atoms with Gasteiger partial charge in [-0.15, -0.1) is 0 Å². The van der Waals surface area contributed by atoms with Crippen molar-refractivity contribution in [1.82, 2.24) is 0 Å². The predicted octanol–water partition coefficient (Wildman–Crippen LogP) is 2.44. The van der Waals surface area contributed by atoms with E-state index in [0.29, 0.717) is 12.5 Å². The van der Waals surface area contributed by atoms with Gasteiger partial charge >= 0.3 is 0 Å². The molecule has 0 aromatic rings. The summed E-state index contributed by atoms with van der Waals surface area (Å²) in [6, 6.07) is 0. The summed E-state index contributed by atoms with van der Waals surface area (Å²) < 4.78 is 0. The predicted molar refractivity (Wildman–Crippen MR) is 49.8 cm³/mol. The quantitative estimate of drug-likeness (QED) is 0.637. The summed E-state index contributed by atoms with van der Waals surface area (Å²) in [7, 11) is 0. The molecule has 0 saturated heterocycles. The highest BCUT2D eigenvalue weighted by molar-refractivity contribution is 4.88. The fourth-order valence-corrected chi connectivity index (χ4v) is 3.47. The lowest BCUT2D eigenvalue weighted by molar-refractivity contribution is 0.0204. The van der Waals surface area contributed by atoms with Crippen molar-refractivity contribution in [3.05, 3.63) is 0 Å². The van der Waals surface area contributed by atoms with Crippen molar-refractivity contribution in [2.45, 2.75) is 39.0 Å². The van der Waals surface area contributed by atoms with E-state index in [1.807, 2.05) is 0 Å². The molecule has 2 unspecified atom stereocenters. The van der Waals surface area contributed by atoms with Crippen molar-refractivity contribution in [2.24, 2.45) is 23.7 Å². The first-order valence-electron chi connectivity index (χ1n) is 5.42. The van der Waals surface area contributed by atoms with E-state index < -0.39 is 0 Å². The molecule has 2 bridgehead atoms. The fourth-order valence-electron chi connectivity index (χ4n) is 3.47. The van der Waals surface area contributed by atoms with Gasteiger partial charge in [0.15, 0.2) is 0 Å². The molecule has 0 amide bonds. The lowest BCUT2D eigenvalue weighted by Gasteiger charge is -2.44. The molecule has 0 radical (unpaired) electrons. The van der Waals surface area contributed by atoms with E-state index in [4.69, 9.17) is 0 Å². The lowest BCUT2D eigenvalue weighted by atomic mass is 9.62. The fraction of sp³-hybridized carbons (Fsp3) is 1.00. The molecule has 0 aromatic heterocycles. The van der Waals surface area contributed by atoms with Gasteiger partial charge in [-0.1, -0.05) is 26.2 Å². The zero-order valence-corrected chi connectivity index (χ0v) is 8.00. The average Bonchev–Trinajstić information content (AvgIpc) is 2.02. The van der Waals surface area contributed by atoms with Crippen molar-refractivity contribution < 1.29 is 5.11 Å². The van der Waals surface area contributed by atoms with E-state index in [-0.39, 0.29) is 0 Å². The first kappa shape index (κ1) is 8.55. The van der Waals surface area contributed by atoms with Crippen LogP contribution in [0.5, 0.6) is 0 Å². The highest BCUT2D eigenvalue weighted by atomic mass is 16.3. The molecule has 2 aliphatic carbocycles. The van der Waals surface area contributed by atoms with Crippen LogP contribution in [0.15, 0.2) is 0 Å². The van der Waals surface area contributed by atoms with E-state index in [1.54, 1.807) is 0 Å². The van der Waals surface area contributed by atoms with Crippen LogP contribution in [-0.2, 0) is 0 Å². The van der Waals surface area contributed by atoms with Gasteiger partial charge in [0.1, 0.15) is 0 Å². The smallest absolute Gasteiger partial charge is 0.0464 e. The third-order valence-electron chi connectivity index (χ3n) is 3.98. The van der Waals surface area contributed by atoms with Gasteiger partial charge in [0, 0.05) is 6.61 Å². The first-order valence-corrected chi connectivity index (χ1v) is 5.42. The number of aliphatic hydroxyl groups excluding tert-OH is 1. The minimum Gasteiger partial charge on any atom is -0.396 e. The Labute approximate surface area is 75.2 Å². The molecule has 1 N–H and O–H groups in total. The van der Waals surface area contributed by atoms with E-state index in [1.165, 1.54) is 32.1 Å². The maximum atomic E-state index is 9.28. The molecule has 1 heteroatoms. The van der Waals surface area contributed by atoms with Crippen molar-refractivity contribution in [2.75, 3.05) is 6.61 Å². The Kier molecular flexibility index (Phi) is 2.40. The van der Waals surface area contributed by atoms with Crippen molar-refractivity contribution >= 4 is 0 Å². The second-order valence-corrected chi connectivity index (χ2v) is 4.87. The number of hydrogen-bond acceptors (Lipinski definition) is 1. The molecular weight excluding hydrogens is 148 g/mol. The number of hydrogen-bond donors (Lipinski definition) is 1. The van der Waals surface area contributed by atoms with Crippen LogP contribution in [0.25, 0.3) is 0 Å². The second kappa shape index (κ2) is 3.37. The molecular formula is C11H20O. The molecule has 2 atom stereocenters. The molecule has 0 aromatic carbocycles. The minimum atomic E-state index is 0.446. The minimum absolute atomic E-state index is 0.446. The number of rotatable bonds is 1. The highest BCUT2D eigenvalue weighted by Gasteiger charge is 2.38. The number of fused-ring (bicyclic) bond motifs is 2. The molecule has 2 fully saturated rings. The van der Waals surface area contributed by atoms with Crippen LogP contribution < -0.4 is 0 Å². The first-order chi connectivity index (χ1) is 5.81. The topological polar surface area (TPSA) is 20.2 Å². The summed E-state index contributed by atoms with van der Waals surface area (Å²) >= 11 is 0. The lowest BCUT2D eigenvalue weighted by Crippen LogP contribution is -2.37. The molecule has 0 heterocycles. The Morgan fingerprint density at radius 2 is 1.75 bits per heavy atom. The number of aliphatic hydroxyl groups is 1. The Balaban J connectivity index is 2.06. The molecule has 2 rings (SSSR count). The molecule has 12 heavy (non-hydrogen) atoms. The molecule has 2 saturated carbocycles. The van der Waals surface area contributed by atoms with Crippen LogP contribution in [0.1, 0.15) is 39.0 Å². The van der Waals surface area contributed by atoms with Gasteiger partial charge in [-0.2, -0.15) is 0 Å². The van der Waals surface area contributed by atoms with Crippen molar-refractivity contribution in [3.8, 4) is 0 Å². The van der Waals surface area contributed by atoms with Gasteiger partial charge in [-0.25, -0.2) is 0 Å². The molecule has 70 valence electrons. The SMILES string of the molecule is CC1CC2CCCC(C1)C2CO. The summed E-state index contributed by atoms with van der Waals surface area (Å²) in [4.78, 5) is 0. The monoisotopic (exact) mass is 168 g/mol. The van der Waals surface area contributed by atoms with Crippen molar-refractivity contribution in [3.63, 3.8) is 0 Å². The molecule has 0 spiro atoms. The van der Waals surface area contributed by atoms with E-state index in [0.717, 1.165) is 17.8 Å². The van der Waals surface area contributed by atoms with Gasteiger partial charge in [0.05, 0.1) is 0 Å². The molecule has 1 nitrogen and oxygen atoms in total. The standard InChI is InChI=1S/C11H20O/c1-8-5-9-3-2-4-10(6-8)11(9)7-12/h8-12H,2-7H2,1H3. The van der Waals surface area contributed by atoms with E-state index >= 15 is 0 Å². The maximum Gasteiger partial charge on any atom is 0.0464 e. The summed E-state index contributed by atoms with van der Waals surface area (Å²) in [5, 5.41) is 9.28. The Hall–Kier alpha value is -0.0400. The van der Waals surface area contributed by atoms with Crippen LogP contribution in [0.4, 0.5) is 0 Å². The Bertz CT molecular complexity index is 141. The van der Waals surface area contributed by atoms with Crippen LogP contribution in [0.2, 0.25) is 0 Å². The Morgan fingerprint density at radius 3 is 2.25 bits per heavy atom. The second-order valence-electron chi connectivity index (χ2n) is 4.87. The van der Waals surface area contributed by atoms with Crippen LogP contribution >= 0.6 is 0 Å². The molecule has 2 aliphatic rings. The average molecular weight is 168 g/mol. The summed E-state index contributed by atoms with van der Waals surface area (Å²) in [5.41, 5.74) is 0. The highest BCUT2D eigenvalue weighted by Crippen LogP contribution is 2.46. The summed E-state index contributed by atoms with van der Waals surface area (Å²) in [6.45, 7) is 2.82. The summed E-state index contributed by atoms with van der Waals surface area (Å²) in [5.74, 6) is 3.30. The third kappa shape index (κ3) is 1.39. The normalized spacial score (nSPS) is 47.5. The van der Waals surface area contributed by atoms with E-state index in [2.05, 4.69) is 6.92 Å². The largest absolute Gasteiger partial charge is 0.396 e. The summed E-state index contributed by atoms with van der Waals surface area (Å²) in [6.07, 6.45) is 6.93. The van der Waals surface area contributed by atoms with Crippen LogP contribution in [0.3, 0.4) is 0 Å². The van der Waals surface area contributed by atoms with Crippen LogP contribution in [0, 0.1) is 23.7 Å². The van der Waals surface area contributed by atoms with Gasteiger partial charge in [0.2, 0.25) is 0 Å².